The molecule has 3 heterocycles. The van der Waals surface area contributed by atoms with E-state index in [0.717, 1.165) is 66.1 Å². The summed E-state index contributed by atoms with van der Waals surface area (Å²) in [5.74, 6) is 0. The largest absolute Gasteiger partial charge is 0.379 e. The number of aromatic nitrogens is 4. The summed E-state index contributed by atoms with van der Waals surface area (Å²) in [4.78, 5) is 2.42. The van der Waals surface area contributed by atoms with E-state index in [-0.39, 0.29) is 0 Å². The molecule has 0 N–H and O–H groups in total. The van der Waals surface area contributed by atoms with Crippen molar-refractivity contribution in [2.24, 2.45) is 0 Å². The number of morpholine rings is 1. The molecule has 25 heavy (non-hydrogen) atoms. The average molecular weight is 355 g/mol. The summed E-state index contributed by atoms with van der Waals surface area (Å²) in [6.45, 7) is 7.58. The lowest BCUT2D eigenvalue weighted by atomic mass is 10.1. The van der Waals surface area contributed by atoms with Gasteiger partial charge in [0, 0.05) is 37.0 Å². The maximum absolute atomic E-state index is 5.39. The van der Waals surface area contributed by atoms with E-state index >= 15 is 0 Å². The lowest BCUT2D eigenvalue weighted by Crippen LogP contribution is -2.38. The molecule has 7 heteroatoms. The van der Waals surface area contributed by atoms with Gasteiger partial charge in [-0.05, 0) is 18.6 Å². The van der Waals surface area contributed by atoms with Crippen LogP contribution < -0.4 is 0 Å². The van der Waals surface area contributed by atoms with Gasteiger partial charge in [0.1, 0.15) is 10.0 Å². The van der Waals surface area contributed by atoms with Gasteiger partial charge in [-0.1, -0.05) is 29.5 Å². The number of ether oxygens (including phenoxy) is 1. The highest BCUT2D eigenvalue weighted by Gasteiger charge is 2.11. The summed E-state index contributed by atoms with van der Waals surface area (Å²) >= 11 is 1.62. The number of rotatable bonds is 5. The quantitative estimate of drug-likeness (QED) is 0.704. The Morgan fingerprint density at radius 2 is 1.92 bits per heavy atom. The van der Waals surface area contributed by atoms with Gasteiger partial charge in [-0.2, -0.15) is 5.10 Å². The van der Waals surface area contributed by atoms with E-state index in [4.69, 9.17) is 4.74 Å². The Morgan fingerprint density at radius 1 is 1.08 bits per heavy atom. The van der Waals surface area contributed by atoms with Crippen molar-refractivity contribution in [2.45, 2.75) is 13.5 Å². The average Bonchev–Trinajstić information content (AvgIpc) is 3.30. The van der Waals surface area contributed by atoms with Crippen LogP contribution in [0, 0.1) is 6.92 Å². The molecule has 4 rings (SSSR count). The molecule has 1 saturated heterocycles. The minimum absolute atomic E-state index is 0.836. The van der Waals surface area contributed by atoms with Crippen LogP contribution in [0.2, 0.25) is 0 Å². The Kier molecular flexibility index (Phi) is 4.87. The summed E-state index contributed by atoms with van der Waals surface area (Å²) in [7, 11) is 0. The van der Waals surface area contributed by atoms with E-state index in [9.17, 15) is 0 Å². The first-order valence-corrected chi connectivity index (χ1v) is 9.33. The van der Waals surface area contributed by atoms with Crippen molar-refractivity contribution < 1.29 is 4.74 Å². The van der Waals surface area contributed by atoms with E-state index < -0.39 is 0 Å². The molecular formula is C18H21N5OS. The van der Waals surface area contributed by atoms with Gasteiger partial charge in [-0.3, -0.25) is 9.58 Å². The monoisotopic (exact) mass is 355 g/mol. The van der Waals surface area contributed by atoms with Crippen LogP contribution in [-0.2, 0) is 11.3 Å². The molecule has 0 spiro atoms. The standard InChI is InChI=1S/C18H21N5OS/c1-14-20-21-18(25-14)16-4-2-3-15(11-16)17-12-19-23(13-17)6-5-22-7-9-24-10-8-22/h2-4,11-13H,5-10H2,1H3. The highest BCUT2D eigenvalue weighted by Crippen LogP contribution is 2.27. The van der Waals surface area contributed by atoms with Crippen LogP contribution in [0.25, 0.3) is 21.7 Å². The number of benzene rings is 1. The van der Waals surface area contributed by atoms with E-state index in [1.165, 1.54) is 0 Å². The first-order chi connectivity index (χ1) is 12.3. The van der Waals surface area contributed by atoms with Gasteiger partial charge in [0.2, 0.25) is 0 Å². The van der Waals surface area contributed by atoms with Crippen molar-refractivity contribution in [3.63, 3.8) is 0 Å². The van der Waals surface area contributed by atoms with Crippen LogP contribution in [0.1, 0.15) is 5.01 Å². The van der Waals surface area contributed by atoms with Crippen molar-refractivity contribution in [1.82, 2.24) is 24.9 Å². The molecule has 130 valence electrons. The molecule has 0 atom stereocenters. The molecule has 0 radical (unpaired) electrons. The molecule has 0 bridgehead atoms. The smallest absolute Gasteiger partial charge is 0.147 e. The molecule has 2 aromatic heterocycles. The van der Waals surface area contributed by atoms with E-state index in [2.05, 4.69) is 50.7 Å². The van der Waals surface area contributed by atoms with Crippen molar-refractivity contribution in [1.29, 1.82) is 0 Å². The van der Waals surface area contributed by atoms with Gasteiger partial charge >= 0.3 is 0 Å². The fraction of sp³-hybridized carbons (Fsp3) is 0.389. The second kappa shape index (κ2) is 7.43. The van der Waals surface area contributed by atoms with Crippen molar-refractivity contribution in [3.05, 3.63) is 41.7 Å². The van der Waals surface area contributed by atoms with E-state index in [0.29, 0.717) is 0 Å². The van der Waals surface area contributed by atoms with Gasteiger partial charge in [0.25, 0.3) is 0 Å². The van der Waals surface area contributed by atoms with E-state index in [1.807, 2.05) is 17.8 Å². The van der Waals surface area contributed by atoms with Crippen LogP contribution in [0.3, 0.4) is 0 Å². The van der Waals surface area contributed by atoms with Crippen molar-refractivity contribution in [3.8, 4) is 21.7 Å². The maximum atomic E-state index is 5.39. The first kappa shape index (κ1) is 16.4. The Bertz CT molecular complexity index is 837. The third-order valence-corrected chi connectivity index (χ3v) is 5.24. The Morgan fingerprint density at radius 3 is 2.72 bits per heavy atom. The molecule has 1 aliphatic rings. The Labute approximate surface area is 151 Å². The lowest BCUT2D eigenvalue weighted by molar-refractivity contribution is 0.0360. The first-order valence-electron chi connectivity index (χ1n) is 8.51. The zero-order chi connectivity index (χ0) is 17.1. The number of nitrogens with zero attached hydrogens (tertiary/aromatic N) is 5. The fourth-order valence-electron chi connectivity index (χ4n) is 2.95. The molecule has 1 aliphatic heterocycles. The molecular weight excluding hydrogens is 334 g/mol. The summed E-state index contributed by atoms with van der Waals surface area (Å²) < 4.78 is 7.41. The molecule has 6 nitrogen and oxygen atoms in total. The Balaban J connectivity index is 1.46. The summed E-state index contributed by atoms with van der Waals surface area (Å²) in [6.07, 6.45) is 4.05. The molecule has 0 amide bonds. The lowest BCUT2D eigenvalue weighted by Gasteiger charge is -2.26. The third kappa shape index (κ3) is 3.95. The zero-order valence-corrected chi connectivity index (χ0v) is 15.1. The van der Waals surface area contributed by atoms with Crippen LogP contribution in [-0.4, -0.2) is 57.7 Å². The number of hydrogen-bond donors (Lipinski definition) is 0. The third-order valence-electron chi connectivity index (χ3n) is 4.35. The Hall–Kier alpha value is -2.09. The highest BCUT2D eigenvalue weighted by molar-refractivity contribution is 7.14. The van der Waals surface area contributed by atoms with E-state index in [1.54, 1.807) is 11.3 Å². The van der Waals surface area contributed by atoms with Crippen LogP contribution in [0.4, 0.5) is 0 Å². The SMILES string of the molecule is Cc1nnc(-c2cccc(-c3cnn(CCN4CCOCC4)c3)c2)s1. The number of hydrogen-bond acceptors (Lipinski definition) is 6. The normalized spacial score (nSPS) is 15.6. The minimum atomic E-state index is 0.836. The predicted molar refractivity (Wildman–Crippen MR) is 98.6 cm³/mol. The van der Waals surface area contributed by atoms with Crippen molar-refractivity contribution >= 4 is 11.3 Å². The minimum Gasteiger partial charge on any atom is -0.379 e. The fourth-order valence-corrected chi connectivity index (χ4v) is 3.64. The molecule has 0 unspecified atom stereocenters. The molecule has 3 aromatic rings. The second-order valence-electron chi connectivity index (χ2n) is 6.15. The highest BCUT2D eigenvalue weighted by atomic mass is 32.1. The van der Waals surface area contributed by atoms with Crippen LogP contribution >= 0.6 is 11.3 Å². The van der Waals surface area contributed by atoms with Gasteiger partial charge in [0.05, 0.1) is 26.0 Å². The molecule has 0 aliphatic carbocycles. The van der Waals surface area contributed by atoms with Crippen LogP contribution in [0.5, 0.6) is 0 Å². The summed E-state index contributed by atoms with van der Waals surface area (Å²) in [5, 5.41) is 14.8. The van der Waals surface area contributed by atoms with Gasteiger partial charge < -0.3 is 4.74 Å². The zero-order valence-electron chi connectivity index (χ0n) is 14.3. The molecule has 1 aromatic carbocycles. The summed E-state index contributed by atoms with van der Waals surface area (Å²) in [6, 6.07) is 8.41. The van der Waals surface area contributed by atoms with Crippen LogP contribution in [0.15, 0.2) is 36.7 Å². The number of aryl methyl sites for hydroxylation is 1. The van der Waals surface area contributed by atoms with Gasteiger partial charge in [-0.25, -0.2) is 0 Å². The second-order valence-corrected chi connectivity index (χ2v) is 7.33. The van der Waals surface area contributed by atoms with Gasteiger partial charge in [0.15, 0.2) is 0 Å². The van der Waals surface area contributed by atoms with Crippen molar-refractivity contribution in [2.75, 3.05) is 32.8 Å². The molecule has 0 saturated carbocycles. The summed E-state index contributed by atoms with van der Waals surface area (Å²) in [5.41, 5.74) is 3.39. The predicted octanol–water partition coefficient (Wildman–Crippen LogP) is 2.71. The topological polar surface area (TPSA) is 56.1 Å². The molecule has 1 fully saturated rings. The maximum Gasteiger partial charge on any atom is 0.147 e. The van der Waals surface area contributed by atoms with Gasteiger partial charge in [-0.15, -0.1) is 10.2 Å².